The fourth-order valence-corrected chi connectivity index (χ4v) is 2.75. The standard InChI is InChI=1S/C13H22N2O3S/c1-3-11(8-9-16)10-15-12-6-4-5-7-13(12)19(17,18)14-2/h4-7,11,14-16H,3,8-10H2,1-2H3. The Bertz CT molecular complexity index is 488. The van der Waals surface area contributed by atoms with Gasteiger partial charge in [0.1, 0.15) is 4.90 Å². The summed E-state index contributed by atoms with van der Waals surface area (Å²) in [5.74, 6) is 0.329. The van der Waals surface area contributed by atoms with Crippen LogP contribution < -0.4 is 10.0 Å². The van der Waals surface area contributed by atoms with E-state index in [-0.39, 0.29) is 11.5 Å². The highest BCUT2D eigenvalue weighted by molar-refractivity contribution is 7.89. The quantitative estimate of drug-likeness (QED) is 0.675. The number of nitrogens with one attached hydrogen (secondary N) is 2. The van der Waals surface area contributed by atoms with E-state index in [2.05, 4.69) is 17.0 Å². The van der Waals surface area contributed by atoms with Crippen molar-refractivity contribution in [3.05, 3.63) is 24.3 Å². The van der Waals surface area contributed by atoms with Crippen LogP contribution in [-0.4, -0.2) is 33.7 Å². The average molecular weight is 286 g/mol. The summed E-state index contributed by atoms with van der Waals surface area (Å²) in [6.07, 6.45) is 1.65. The zero-order valence-electron chi connectivity index (χ0n) is 11.4. The molecular weight excluding hydrogens is 264 g/mol. The Morgan fingerprint density at radius 3 is 2.58 bits per heavy atom. The average Bonchev–Trinajstić information content (AvgIpc) is 2.43. The van der Waals surface area contributed by atoms with Crippen molar-refractivity contribution in [1.82, 2.24) is 4.72 Å². The number of sulfonamides is 1. The molecular formula is C13H22N2O3S. The molecule has 0 aliphatic carbocycles. The van der Waals surface area contributed by atoms with E-state index in [1.54, 1.807) is 24.3 Å². The lowest BCUT2D eigenvalue weighted by atomic mass is 10.0. The molecule has 0 amide bonds. The van der Waals surface area contributed by atoms with Gasteiger partial charge in [0.2, 0.25) is 10.0 Å². The summed E-state index contributed by atoms with van der Waals surface area (Å²) in [5, 5.41) is 12.1. The molecule has 6 heteroatoms. The van der Waals surface area contributed by atoms with Crippen LogP contribution in [0.5, 0.6) is 0 Å². The van der Waals surface area contributed by atoms with Gasteiger partial charge in [-0.1, -0.05) is 25.5 Å². The molecule has 1 aromatic rings. The Balaban J connectivity index is 2.84. The molecule has 1 rings (SSSR count). The van der Waals surface area contributed by atoms with Crippen molar-refractivity contribution >= 4 is 15.7 Å². The molecule has 1 atom stereocenters. The highest BCUT2D eigenvalue weighted by atomic mass is 32.2. The predicted octanol–water partition coefficient (Wildman–Crippen LogP) is 1.42. The minimum absolute atomic E-state index is 0.149. The van der Waals surface area contributed by atoms with Crippen molar-refractivity contribution in [3.63, 3.8) is 0 Å². The van der Waals surface area contributed by atoms with Crippen LogP contribution in [0.25, 0.3) is 0 Å². The van der Waals surface area contributed by atoms with Crippen LogP contribution in [0.2, 0.25) is 0 Å². The van der Waals surface area contributed by atoms with Gasteiger partial charge in [0.25, 0.3) is 0 Å². The van der Waals surface area contributed by atoms with E-state index >= 15 is 0 Å². The molecule has 0 aliphatic heterocycles. The monoisotopic (exact) mass is 286 g/mol. The summed E-state index contributed by atoms with van der Waals surface area (Å²) < 4.78 is 26.1. The molecule has 0 saturated heterocycles. The molecule has 0 bridgehead atoms. The van der Waals surface area contributed by atoms with Crippen LogP contribution in [-0.2, 0) is 10.0 Å². The number of aliphatic hydroxyl groups is 1. The number of benzene rings is 1. The molecule has 0 saturated carbocycles. The van der Waals surface area contributed by atoms with E-state index in [0.717, 1.165) is 6.42 Å². The molecule has 0 heterocycles. The maximum absolute atomic E-state index is 11.9. The Kier molecular flexibility index (Phi) is 6.27. The van der Waals surface area contributed by atoms with Crippen LogP contribution in [0.1, 0.15) is 19.8 Å². The van der Waals surface area contributed by atoms with Crippen molar-refractivity contribution in [3.8, 4) is 0 Å². The molecule has 5 nitrogen and oxygen atoms in total. The molecule has 0 radical (unpaired) electrons. The zero-order chi connectivity index (χ0) is 14.3. The van der Waals surface area contributed by atoms with Crippen molar-refractivity contribution in [2.45, 2.75) is 24.7 Å². The van der Waals surface area contributed by atoms with Gasteiger partial charge in [0.15, 0.2) is 0 Å². The van der Waals surface area contributed by atoms with Gasteiger partial charge in [-0.25, -0.2) is 13.1 Å². The lowest BCUT2D eigenvalue weighted by molar-refractivity contribution is 0.258. The summed E-state index contributed by atoms with van der Waals surface area (Å²) in [4.78, 5) is 0.247. The third-order valence-electron chi connectivity index (χ3n) is 3.14. The summed E-state index contributed by atoms with van der Waals surface area (Å²) in [5.41, 5.74) is 0.591. The van der Waals surface area contributed by atoms with Gasteiger partial charge in [-0.2, -0.15) is 0 Å². The maximum Gasteiger partial charge on any atom is 0.242 e. The fourth-order valence-electron chi connectivity index (χ4n) is 1.84. The summed E-state index contributed by atoms with van der Waals surface area (Å²) in [7, 11) is -2.06. The van der Waals surface area contributed by atoms with E-state index in [0.29, 0.717) is 24.6 Å². The first kappa shape index (κ1) is 15.9. The zero-order valence-corrected chi connectivity index (χ0v) is 12.2. The van der Waals surface area contributed by atoms with Crippen LogP contribution in [0.15, 0.2) is 29.2 Å². The predicted molar refractivity (Wildman–Crippen MR) is 76.7 cm³/mol. The first-order valence-corrected chi connectivity index (χ1v) is 7.90. The fraction of sp³-hybridized carbons (Fsp3) is 0.538. The summed E-state index contributed by atoms with van der Waals surface area (Å²) >= 11 is 0. The SMILES string of the molecule is CCC(CCO)CNc1ccccc1S(=O)(=O)NC. The number of para-hydroxylation sites is 1. The van der Waals surface area contributed by atoms with Gasteiger partial charge in [0.05, 0.1) is 5.69 Å². The number of hydrogen-bond donors (Lipinski definition) is 3. The lowest BCUT2D eigenvalue weighted by Gasteiger charge is -2.17. The number of anilines is 1. The Morgan fingerprint density at radius 2 is 2.00 bits per heavy atom. The van der Waals surface area contributed by atoms with Crippen LogP contribution in [0.4, 0.5) is 5.69 Å². The van der Waals surface area contributed by atoms with E-state index < -0.39 is 10.0 Å². The smallest absolute Gasteiger partial charge is 0.242 e. The molecule has 0 aromatic heterocycles. The van der Waals surface area contributed by atoms with Crippen molar-refractivity contribution in [2.75, 3.05) is 25.5 Å². The highest BCUT2D eigenvalue weighted by Crippen LogP contribution is 2.21. The normalized spacial score (nSPS) is 13.2. The van der Waals surface area contributed by atoms with E-state index in [1.165, 1.54) is 7.05 Å². The van der Waals surface area contributed by atoms with Crippen LogP contribution in [0, 0.1) is 5.92 Å². The maximum atomic E-state index is 11.9. The first-order chi connectivity index (χ1) is 9.05. The van der Waals surface area contributed by atoms with Crippen molar-refractivity contribution in [2.24, 2.45) is 5.92 Å². The van der Waals surface area contributed by atoms with E-state index in [9.17, 15) is 8.42 Å². The second-order valence-corrected chi connectivity index (χ2v) is 6.23. The second-order valence-electron chi connectivity index (χ2n) is 4.37. The minimum atomic E-state index is -3.46. The molecule has 0 fully saturated rings. The van der Waals surface area contributed by atoms with E-state index in [4.69, 9.17) is 5.11 Å². The third-order valence-corrected chi connectivity index (χ3v) is 4.61. The summed E-state index contributed by atoms with van der Waals surface area (Å²) in [6.45, 7) is 2.85. The lowest BCUT2D eigenvalue weighted by Crippen LogP contribution is -2.21. The van der Waals surface area contributed by atoms with Gasteiger partial charge in [-0.3, -0.25) is 0 Å². The summed E-state index contributed by atoms with van der Waals surface area (Å²) in [6, 6.07) is 6.81. The Hall–Kier alpha value is -1.11. The highest BCUT2D eigenvalue weighted by Gasteiger charge is 2.16. The van der Waals surface area contributed by atoms with Crippen molar-refractivity contribution in [1.29, 1.82) is 0 Å². The van der Waals surface area contributed by atoms with Crippen LogP contribution in [0.3, 0.4) is 0 Å². The number of hydrogen-bond acceptors (Lipinski definition) is 4. The third kappa shape index (κ3) is 4.49. The molecule has 1 unspecified atom stereocenters. The van der Waals surface area contributed by atoms with Crippen molar-refractivity contribution < 1.29 is 13.5 Å². The molecule has 0 aliphatic rings. The molecule has 108 valence electrons. The van der Waals surface area contributed by atoms with Crippen LogP contribution >= 0.6 is 0 Å². The van der Waals surface area contributed by atoms with Gasteiger partial charge in [-0.15, -0.1) is 0 Å². The minimum Gasteiger partial charge on any atom is -0.396 e. The largest absolute Gasteiger partial charge is 0.396 e. The van der Waals surface area contributed by atoms with Gasteiger partial charge in [0, 0.05) is 13.2 Å². The Labute approximate surface area is 115 Å². The number of aliphatic hydroxyl groups excluding tert-OH is 1. The molecule has 19 heavy (non-hydrogen) atoms. The molecule has 1 aromatic carbocycles. The van der Waals surface area contributed by atoms with Gasteiger partial charge in [-0.05, 0) is 31.5 Å². The first-order valence-electron chi connectivity index (χ1n) is 6.42. The topological polar surface area (TPSA) is 78.4 Å². The molecule has 0 spiro atoms. The second kappa shape index (κ2) is 7.47. The number of rotatable bonds is 8. The van der Waals surface area contributed by atoms with Gasteiger partial charge >= 0.3 is 0 Å². The molecule has 3 N–H and O–H groups in total. The van der Waals surface area contributed by atoms with Gasteiger partial charge < -0.3 is 10.4 Å². The van der Waals surface area contributed by atoms with E-state index in [1.807, 2.05) is 0 Å². The Morgan fingerprint density at radius 1 is 1.32 bits per heavy atom.